The Balaban J connectivity index is 5.43. The van der Waals surface area contributed by atoms with E-state index in [4.69, 9.17) is 9.02 Å². The normalized spacial score (nSPS) is 12.7. The van der Waals surface area contributed by atoms with Gasteiger partial charge in [-0.25, -0.2) is 5.06 Å². The van der Waals surface area contributed by atoms with Crippen LogP contribution in [-0.4, -0.2) is 44.3 Å². The molecule has 8 heteroatoms. The van der Waals surface area contributed by atoms with Crippen molar-refractivity contribution in [2.75, 3.05) is 12.9 Å². The van der Waals surface area contributed by atoms with Gasteiger partial charge in [0.25, 0.3) is 16.0 Å². The summed E-state index contributed by atoms with van der Waals surface area (Å²) in [5.41, 5.74) is 0.933. The van der Waals surface area contributed by atoms with E-state index in [1.165, 1.54) is 0 Å². The van der Waals surface area contributed by atoms with Gasteiger partial charge in [-0.3, -0.25) is 9.59 Å². The van der Waals surface area contributed by atoms with Crippen molar-refractivity contribution in [1.82, 2.24) is 5.06 Å². The fourth-order valence-electron chi connectivity index (χ4n) is 1.57. The van der Waals surface area contributed by atoms with Crippen LogP contribution in [0.2, 0.25) is 0 Å². The Labute approximate surface area is 132 Å². The van der Waals surface area contributed by atoms with Gasteiger partial charge in [0.1, 0.15) is 5.92 Å². The zero-order chi connectivity index (χ0) is 17.5. The van der Waals surface area contributed by atoms with E-state index in [9.17, 15) is 18.0 Å². The lowest BCUT2D eigenvalue weighted by molar-refractivity contribution is -0.174. The van der Waals surface area contributed by atoms with Gasteiger partial charge < -0.3 is 4.74 Å². The Morgan fingerprint density at radius 1 is 1.23 bits per heavy atom. The van der Waals surface area contributed by atoms with E-state index in [1.54, 1.807) is 26.8 Å². The maximum Gasteiger partial charge on any atom is 0.318 e. The molecular weight excluding hydrogens is 310 g/mol. The SMILES string of the molecule is CCOC(=O)C(CC=C(C)C)C(=O)N(OS(C)(=O)=O)C(C)C. The number of hydrogen-bond donors (Lipinski definition) is 0. The smallest absolute Gasteiger partial charge is 0.318 e. The summed E-state index contributed by atoms with van der Waals surface area (Å²) in [5.74, 6) is -2.58. The summed E-state index contributed by atoms with van der Waals surface area (Å²) >= 11 is 0. The molecule has 0 aromatic heterocycles. The standard InChI is InChI=1S/C14H25NO6S/c1-7-20-14(17)12(9-8-10(2)3)13(16)15(11(4)5)21-22(6,18)19/h8,11-12H,7,9H2,1-6H3. The van der Waals surface area contributed by atoms with Crippen LogP contribution < -0.4 is 0 Å². The van der Waals surface area contributed by atoms with Crippen molar-refractivity contribution in [3.8, 4) is 0 Å². The summed E-state index contributed by atoms with van der Waals surface area (Å²) in [6.45, 7) is 8.61. The number of allylic oxidation sites excluding steroid dienone is 2. The minimum atomic E-state index is -3.88. The number of carbonyl (C=O) groups excluding carboxylic acids is 2. The summed E-state index contributed by atoms with van der Waals surface area (Å²) < 4.78 is 32.2. The van der Waals surface area contributed by atoms with Crippen LogP contribution in [0.3, 0.4) is 0 Å². The largest absolute Gasteiger partial charge is 0.465 e. The van der Waals surface area contributed by atoms with Crippen LogP contribution in [0, 0.1) is 5.92 Å². The predicted molar refractivity (Wildman–Crippen MR) is 82.1 cm³/mol. The van der Waals surface area contributed by atoms with E-state index in [0.29, 0.717) is 5.06 Å². The Morgan fingerprint density at radius 2 is 1.77 bits per heavy atom. The molecular formula is C14H25NO6S. The number of esters is 1. The summed E-state index contributed by atoms with van der Waals surface area (Å²) in [7, 11) is -3.88. The molecule has 0 N–H and O–H groups in total. The Morgan fingerprint density at radius 3 is 2.14 bits per heavy atom. The number of rotatable bonds is 8. The summed E-state index contributed by atoms with van der Waals surface area (Å²) in [6, 6.07) is -0.550. The van der Waals surface area contributed by atoms with Gasteiger partial charge in [0, 0.05) is 0 Å². The minimum absolute atomic E-state index is 0.121. The number of amides is 1. The molecule has 1 atom stereocenters. The molecule has 0 aromatic carbocycles. The summed E-state index contributed by atoms with van der Waals surface area (Å²) in [5, 5.41) is 0.704. The lowest BCUT2D eigenvalue weighted by Crippen LogP contribution is -2.44. The van der Waals surface area contributed by atoms with Gasteiger partial charge in [0.2, 0.25) is 0 Å². The fraction of sp³-hybridized carbons (Fsp3) is 0.714. The molecule has 0 rings (SSSR count). The molecule has 0 aromatic rings. The van der Waals surface area contributed by atoms with Crippen molar-refractivity contribution in [1.29, 1.82) is 0 Å². The highest BCUT2D eigenvalue weighted by molar-refractivity contribution is 7.85. The molecule has 128 valence electrons. The third-order valence-corrected chi connectivity index (χ3v) is 2.96. The first-order valence-electron chi connectivity index (χ1n) is 7.02. The quantitative estimate of drug-likeness (QED) is 0.290. The van der Waals surface area contributed by atoms with Gasteiger partial charge in [-0.05, 0) is 41.0 Å². The Hall–Kier alpha value is -1.41. The third kappa shape index (κ3) is 7.56. The Bertz CT molecular complexity index is 519. The van der Waals surface area contributed by atoms with E-state index in [2.05, 4.69) is 0 Å². The highest BCUT2D eigenvalue weighted by Crippen LogP contribution is 2.16. The second kappa shape index (κ2) is 8.89. The van der Waals surface area contributed by atoms with Gasteiger partial charge in [-0.1, -0.05) is 11.6 Å². The second-order valence-electron chi connectivity index (χ2n) is 5.36. The predicted octanol–water partition coefficient (Wildman–Crippen LogP) is 1.65. The van der Waals surface area contributed by atoms with Crippen LogP contribution in [0.1, 0.15) is 41.0 Å². The van der Waals surface area contributed by atoms with Gasteiger partial charge in [0.15, 0.2) is 0 Å². The maximum absolute atomic E-state index is 12.5. The zero-order valence-electron chi connectivity index (χ0n) is 14.0. The lowest BCUT2D eigenvalue weighted by Gasteiger charge is -2.27. The minimum Gasteiger partial charge on any atom is -0.465 e. The molecule has 7 nitrogen and oxygen atoms in total. The first-order valence-corrected chi connectivity index (χ1v) is 8.83. The zero-order valence-corrected chi connectivity index (χ0v) is 14.8. The monoisotopic (exact) mass is 335 g/mol. The van der Waals surface area contributed by atoms with Gasteiger partial charge >= 0.3 is 5.97 Å². The molecule has 0 aliphatic rings. The van der Waals surface area contributed by atoms with Crippen LogP contribution in [0.15, 0.2) is 11.6 Å². The van der Waals surface area contributed by atoms with E-state index >= 15 is 0 Å². The number of hydroxylamine groups is 2. The van der Waals surface area contributed by atoms with Crippen molar-refractivity contribution in [2.45, 2.75) is 47.1 Å². The van der Waals surface area contributed by atoms with E-state index in [0.717, 1.165) is 11.8 Å². The first-order chi connectivity index (χ1) is 9.99. The van der Waals surface area contributed by atoms with Gasteiger partial charge in [0.05, 0.1) is 18.9 Å². The molecule has 0 heterocycles. The molecule has 0 spiro atoms. The van der Waals surface area contributed by atoms with Gasteiger partial charge in [-0.2, -0.15) is 8.42 Å². The Kier molecular flexibility index (Phi) is 8.32. The fourth-order valence-corrected chi connectivity index (χ4v) is 2.11. The van der Waals surface area contributed by atoms with Gasteiger partial charge in [-0.15, -0.1) is 4.28 Å². The average molecular weight is 335 g/mol. The van der Waals surface area contributed by atoms with Crippen LogP contribution >= 0.6 is 0 Å². The number of hydrogen-bond acceptors (Lipinski definition) is 6. The molecule has 1 unspecified atom stereocenters. The van der Waals surface area contributed by atoms with E-state index in [-0.39, 0.29) is 13.0 Å². The van der Waals surface area contributed by atoms with Crippen molar-refractivity contribution in [3.05, 3.63) is 11.6 Å². The molecule has 0 aliphatic carbocycles. The molecule has 0 radical (unpaired) electrons. The molecule has 0 aliphatic heterocycles. The van der Waals surface area contributed by atoms with Crippen LogP contribution in [0.25, 0.3) is 0 Å². The molecule has 22 heavy (non-hydrogen) atoms. The first kappa shape index (κ1) is 20.6. The average Bonchev–Trinajstić information content (AvgIpc) is 2.34. The number of nitrogens with zero attached hydrogens (tertiary/aromatic N) is 1. The summed E-state index contributed by atoms with van der Waals surface area (Å²) in [4.78, 5) is 24.5. The summed E-state index contributed by atoms with van der Waals surface area (Å²) in [6.07, 6.45) is 2.68. The second-order valence-corrected chi connectivity index (χ2v) is 6.92. The highest BCUT2D eigenvalue weighted by Gasteiger charge is 2.34. The number of ether oxygens (including phenoxy) is 1. The molecule has 0 saturated heterocycles. The van der Waals surface area contributed by atoms with Crippen molar-refractivity contribution < 1.29 is 27.0 Å². The molecule has 0 saturated carbocycles. The van der Waals surface area contributed by atoms with Crippen molar-refractivity contribution in [2.24, 2.45) is 5.92 Å². The molecule has 0 bridgehead atoms. The topological polar surface area (TPSA) is 90.0 Å². The third-order valence-electron chi connectivity index (χ3n) is 2.53. The molecule has 0 fully saturated rings. The van der Waals surface area contributed by atoms with E-state index < -0.39 is 34.0 Å². The van der Waals surface area contributed by atoms with Crippen LogP contribution in [0.5, 0.6) is 0 Å². The van der Waals surface area contributed by atoms with Crippen LogP contribution in [-0.2, 0) is 28.7 Å². The molecule has 1 amide bonds. The number of carbonyl (C=O) groups is 2. The highest BCUT2D eigenvalue weighted by atomic mass is 32.2. The lowest BCUT2D eigenvalue weighted by atomic mass is 10.0. The van der Waals surface area contributed by atoms with E-state index in [1.807, 2.05) is 13.8 Å². The van der Waals surface area contributed by atoms with Crippen molar-refractivity contribution >= 4 is 22.0 Å². The van der Waals surface area contributed by atoms with Crippen LogP contribution in [0.4, 0.5) is 0 Å². The maximum atomic E-state index is 12.5. The van der Waals surface area contributed by atoms with Crippen molar-refractivity contribution in [3.63, 3.8) is 0 Å².